The van der Waals surface area contributed by atoms with Gasteiger partial charge in [-0.15, -0.1) is 0 Å². The monoisotopic (exact) mass is 205 g/mol. The van der Waals surface area contributed by atoms with Crippen LogP contribution in [0.3, 0.4) is 0 Å². The van der Waals surface area contributed by atoms with Crippen LogP contribution in [0.2, 0.25) is 0 Å². The molecule has 3 N–H and O–H groups in total. The van der Waals surface area contributed by atoms with Gasteiger partial charge in [0.05, 0.1) is 6.04 Å². The molecule has 2 nitrogen and oxygen atoms in total. The number of aryl methyl sites for hydroxylation is 1. The molecule has 0 aliphatic carbocycles. The van der Waals surface area contributed by atoms with E-state index in [9.17, 15) is 18.3 Å². The van der Waals surface area contributed by atoms with Gasteiger partial charge in [0.25, 0.3) is 6.43 Å². The summed E-state index contributed by atoms with van der Waals surface area (Å²) in [7, 11) is 0. The highest BCUT2D eigenvalue weighted by molar-refractivity contribution is 5.42. The van der Waals surface area contributed by atoms with Gasteiger partial charge in [-0.05, 0) is 18.6 Å². The Balaban J connectivity index is 3.25. The van der Waals surface area contributed by atoms with E-state index in [0.29, 0.717) is 5.56 Å². The maximum atomic E-state index is 12.8. The third-order valence-corrected chi connectivity index (χ3v) is 1.99. The molecule has 1 aromatic carbocycles. The molecule has 0 aromatic heterocycles. The lowest BCUT2D eigenvalue weighted by Crippen LogP contribution is -2.20. The molecular formula is C9H10F3NO. The van der Waals surface area contributed by atoms with E-state index in [2.05, 4.69) is 0 Å². The zero-order valence-electron chi connectivity index (χ0n) is 7.47. The lowest BCUT2D eigenvalue weighted by molar-refractivity contribution is 0.114. The van der Waals surface area contributed by atoms with Crippen LogP contribution in [0.15, 0.2) is 12.1 Å². The van der Waals surface area contributed by atoms with E-state index < -0.39 is 24.0 Å². The Hall–Kier alpha value is -1.23. The van der Waals surface area contributed by atoms with Crippen molar-refractivity contribution < 1.29 is 18.3 Å². The third kappa shape index (κ3) is 1.82. The Labute approximate surface area is 79.2 Å². The normalized spacial score (nSPS) is 13.3. The van der Waals surface area contributed by atoms with Crippen LogP contribution >= 0.6 is 0 Å². The minimum atomic E-state index is -2.83. The molecule has 1 unspecified atom stereocenters. The zero-order chi connectivity index (χ0) is 10.9. The molecule has 0 saturated heterocycles. The molecule has 1 atom stereocenters. The summed E-state index contributed by atoms with van der Waals surface area (Å²) in [6.45, 7) is 1.48. The van der Waals surface area contributed by atoms with E-state index in [1.165, 1.54) is 13.0 Å². The minimum absolute atomic E-state index is 0.236. The molecule has 0 aliphatic heterocycles. The Kier molecular flexibility index (Phi) is 3.00. The first-order chi connectivity index (χ1) is 6.45. The van der Waals surface area contributed by atoms with Crippen LogP contribution in [0.5, 0.6) is 5.75 Å². The van der Waals surface area contributed by atoms with Gasteiger partial charge in [0, 0.05) is 5.56 Å². The van der Waals surface area contributed by atoms with Gasteiger partial charge < -0.3 is 10.8 Å². The number of phenols is 1. The molecule has 0 spiro atoms. The van der Waals surface area contributed by atoms with Crippen molar-refractivity contribution in [3.05, 3.63) is 29.1 Å². The lowest BCUT2D eigenvalue weighted by Gasteiger charge is -2.15. The Morgan fingerprint density at radius 1 is 1.36 bits per heavy atom. The Morgan fingerprint density at radius 2 is 1.93 bits per heavy atom. The predicted molar refractivity (Wildman–Crippen MR) is 45.7 cm³/mol. The van der Waals surface area contributed by atoms with Crippen molar-refractivity contribution >= 4 is 0 Å². The topological polar surface area (TPSA) is 46.2 Å². The second-order valence-electron chi connectivity index (χ2n) is 2.99. The summed E-state index contributed by atoms with van der Waals surface area (Å²) in [6, 6.07) is 0.643. The van der Waals surface area contributed by atoms with Gasteiger partial charge in [-0.1, -0.05) is 6.07 Å². The quantitative estimate of drug-likeness (QED) is 0.776. The van der Waals surface area contributed by atoms with Crippen molar-refractivity contribution in [3.8, 4) is 5.75 Å². The van der Waals surface area contributed by atoms with E-state index in [-0.39, 0.29) is 5.56 Å². The molecule has 5 heteroatoms. The van der Waals surface area contributed by atoms with E-state index in [1.54, 1.807) is 0 Å². The van der Waals surface area contributed by atoms with Crippen molar-refractivity contribution in [2.75, 3.05) is 0 Å². The zero-order valence-corrected chi connectivity index (χ0v) is 7.47. The molecular weight excluding hydrogens is 195 g/mol. The molecule has 0 radical (unpaired) electrons. The number of aromatic hydroxyl groups is 1. The summed E-state index contributed by atoms with van der Waals surface area (Å²) >= 11 is 0. The number of hydrogen-bond donors (Lipinski definition) is 2. The lowest BCUT2D eigenvalue weighted by atomic mass is 10.0. The first kappa shape index (κ1) is 10.8. The average molecular weight is 205 g/mol. The van der Waals surface area contributed by atoms with Crippen LogP contribution < -0.4 is 5.73 Å². The summed E-state index contributed by atoms with van der Waals surface area (Å²) in [5.74, 6) is -1.74. The number of hydrogen-bond acceptors (Lipinski definition) is 2. The van der Waals surface area contributed by atoms with Crippen molar-refractivity contribution in [1.29, 1.82) is 0 Å². The summed E-state index contributed by atoms with van der Waals surface area (Å²) in [4.78, 5) is 0. The highest BCUT2D eigenvalue weighted by Crippen LogP contribution is 2.31. The van der Waals surface area contributed by atoms with Crippen LogP contribution in [-0.4, -0.2) is 11.5 Å². The molecule has 14 heavy (non-hydrogen) atoms. The molecule has 0 bridgehead atoms. The van der Waals surface area contributed by atoms with E-state index in [4.69, 9.17) is 5.73 Å². The third-order valence-electron chi connectivity index (χ3n) is 1.99. The first-order valence-corrected chi connectivity index (χ1v) is 3.97. The Bertz CT molecular complexity index is 341. The van der Waals surface area contributed by atoms with Crippen LogP contribution in [0.1, 0.15) is 17.2 Å². The van der Waals surface area contributed by atoms with Crippen LogP contribution in [-0.2, 0) is 0 Å². The highest BCUT2D eigenvalue weighted by atomic mass is 19.3. The first-order valence-electron chi connectivity index (χ1n) is 3.97. The average Bonchev–Trinajstić information content (AvgIpc) is 2.12. The highest BCUT2D eigenvalue weighted by Gasteiger charge is 2.24. The Morgan fingerprint density at radius 3 is 2.43 bits per heavy atom. The fraction of sp³-hybridized carbons (Fsp3) is 0.333. The van der Waals surface area contributed by atoms with E-state index in [0.717, 1.165) is 6.07 Å². The van der Waals surface area contributed by atoms with Crippen molar-refractivity contribution in [2.24, 2.45) is 5.73 Å². The number of halogens is 3. The van der Waals surface area contributed by atoms with Crippen molar-refractivity contribution in [2.45, 2.75) is 19.4 Å². The van der Waals surface area contributed by atoms with Crippen LogP contribution in [0.4, 0.5) is 13.2 Å². The number of alkyl halides is 2. The number of nitrogens with two attached hydrogens (primary N) is 1. The van der Waals surface area contributed by atoms with Crippen molar-refractivity contribution in [3.63, 3.8) is 0 Å². The van der Waals surface area contributed by atoms with Gasteiger partial charge in [-0.2, -0.15) is 0 Å². The largest absolute Gasteiger partial charge is 0.505 e. The molecule has 0 heterocycles. The van der Waals surface area contributed by atoms with Crippen LogP contribution in [0, 0.1) is 12.7 Å². The predicted octanol–water partition coefficient (Wildman–Crippen LogP) is 2.10. The second-order valence-corrected chi connectivity index (χ2v) is 2.99. The number of rotatable bonds is 2. The molecule has 0 saturated carbocycles. The second kappa shape index (κ2) is 3.88. The number of phenolic OH excluding ortho intramolecular Hbond substituents is 1. The SMILES string of the molecule is Cc1ccc(F)c(O)c1C(N)C(F)F. The molecule has 0 fully saturated rings. The van der Waals surface area contributed by atoms with Gasteiger partial charge >= 0.3 is 0 Å². The van der Waals surface area contributed by atoms with E-state index in [1.807, 2.05) is 0 Å². The summed E-state index contributed by atoms with van der Waals surface area (Å²) in [6.07, 6.45) is -2.83. The minimum Gasteiger partial charge on any atom is -0.505 e. The molecule has 0 aliphatic rings. The molecule has 1 rings (SSSR count). The van der Waals surface area contributed by atoms with E-state index >= 15 is 0 Å². The maximum absolute atomic E-state index is 12.8. The van der Waals surface area contributed by atoms with Crippen LogP contribution in [0.25, 0.3) is 0 Å². The summed E-state index contributed by atoms with van der Waals surface area (Å²) in [5.41, 5.74) is 5.24. The van der Waals surface area contributed by atoms with Gasteiger partial charge in [0.2, 0.25) is 0 Å². The summed E-state index contributed by atoms with van der Waals surface area (Å²) in [5, 5.41) is 9.21. The number of benzene rings is 1. The maximum Gasteiger partial charge on any atom is 0.257 e. The van der Waals surface area contributed by atoms with Gasteiger partial charge in [-0.3, -0.25) is 0 Å². The molecule has 1 aromatic rings. The van der Waals surface area contributed by atoms with Gasteiger partial charge in [-0.25, -0.2) is 13.2 Å². The fourth-order valence-corrected chi connectivity index (χ4v) is 1.23. The van der Waals surface area contributed by atoms with Gasteiger partial charge in [0.15, 0.2) is 11.6 Å². The molecule has 78 valence electrons. The summed E-state index contributed by atoms with van der Waals surface area (Å²) < 4.78 is 37.3. The molecule has 0 amide bonds. The van der Waals surface area contributed by atoms with Crippen molar-refractivity contribution in [1.82, 2.24) is 0 Å². The van der Waals surface area contributed by atoms with Gasteiger partial charge in [0.1, 0.15) is 0 Å². The fourth-order valence-electron chi connectivity index (χ4n) is 1.23. The standard InChI is InChI=1S/C9H10F3NO/c1-4-2-3-5(10)8(14)6(4)7(13)9(11)12/h2-3,7,9,14H,13H2,1H3. The smallest absolute Gasteiger partial charge is 0.257 e.